The van der Waals surface area contributed by atoms with Gasteiger partial charge in [-0.15, -0.1) is 83.1 Å². The van der Waals surface area contributed by atoms with Crippen molar-refractivity contribution in [1.29, 1.82) is 0 Å². The van der Waals surface area contributed by atoms with E-state index in [0.717, 1.165) is 131 Å². The summed E-state index contributed by atoms with van der Waals surface area (Å²) < 4.78 is 6.72. The van der Waals surface area contributed by atoms with Gasteiger partial charge in [0.25, 0.3) is 0 Å². The van der Waals surface area contributed by atoms with Crippen LogP contribution in [0.1, 0.15) is 139 Å². The number of hydrogen-bond acceptors (Lipinski definition) is 10. The molecule has 5 aliphatic heterocycles. The van der Waals surface area contributed by atoms with Crippen molar-refractivity contribution < 1.29 is 24.2 Å². The molecule has 0 spiro atoms. The number of ketones is 3. The maximum atomic E-state index is 13.0. The molecule has 0 bridgehead atoms. The van der Waals surface area contributed by atoms with Gasteiger partial charge in [0, 0.05) is 132 Å². The zero-order chi connectivity index (χ0) is 66.6. The Morgan fingerprint density at radius 2 is 0.811 bits per heavy atom. The van der Waals surface area contributed by atoms with Crippen LogP contribution in [0.5, 0.6) is 0 Å². The summed E-state index contributed by atoms with van der Waals surface area (Å²) in [6.45, 7) is 8.53. The fraction of sp³-hybridized carbons (Fsp3) is 0.145. The highest BCUT2D eigenvalue weighted by Gasteiger charge is 2.29. The number of fused-ring (bicyclic) bond motifs is 10. The maximum absolute atomic E-state index is 13.0. The lowest BCUT2D eigenvalue weighted by molar-refractivity contribution is 0.102. The minimum Gasteiger partial charge on any atom is -0.384 e. The number of ether oxygens (including phenoxy) is 1. The van der Waals surface area contributed by atoms with Crippen LogP contribution in [0.4, 0.5) is 0 Å². The second-order valence-electron chi connectivity index (χ2n) is 23.4. The van der Waals surface area contributed by atoms with Gasteiger partial charge in [0.05, 0.1) is 0 Å². The van der Waals surface area contributed by atoms with Gasteiger partial charge in [-0.2, -0.15) is 0 Å². The Balaban J connectivity index is 0.000000121. The van der Waals surface area contributed by atoms with E-state index < -0.39 is 14.2 Å². The van der Waals surface area contributed by atoms with E-state index in [1.54, 1.807) is 54.2 Å². The molecule has 0 radical (unpaired) electrons. The SMILES string of the molecule is C#Cc1cccc2c1C(=O)c1ccccc1SC2.C#Cc1cccc2c1C(O)c1ccccc1SC2.CC#Cc1cccc2c1C(OC)c1ccccc1SC2.C[Si](C)(C)C#Cc1cccc2c1C(=O)c1ccccc1SC2.O=C1c2ccccc2SCc2cccc(Br)c21. The molecular weight excluding hydrogens is 1350 g/mol. The summed E-state index contributed by atoms with van der Waals surface area (Å²) in [4.78, 5) is 43.7. The minimum atomic E-state index is -1.47. The van der Waals surface area contributed by atoms with Gasteiger partial charge in [-0.25, -0.2) is 0 Å². The highest BCUT2D eigenvalue weighted by Crippen LogP contribution is 2.44. The summed E-state index contributed by atoms with van der Waals surface area (Å²) in [7, 11) is 0.306. The van der Waals surface area contributed by atoms with Crippen LogP contribution in [0.3, 0.4) is 0 Å². The topological polar surface area (TPSA) is 80.7 Å². The predicted molar refractivity (Wildman–Crippen MR) is 402 cm³/mol. The highest BCUT2D eigenvalue weighted by molar-refractivity contribution is 9.10. The lowest BCUT2D eigenvalue weighted by Gasteiger charge is -2.19. The van der Waals surface area contributed by atoms with Crippen LogP contribution in [0.15, 0.2) is 241 Å². The Labute approximate surface area is 589 Å². The molecule has 5 heterocycles. The summed E-state index contributed by atoms with van der Waals surface area (Å²) in [5, 5.41) is 10.6. The van der Waals surface area contributed by atoms with E-state index in [4.69, 9.17) is 17.6 Å². The van der Waals surface area contributed by atoms with E-state index in [1.165, 1.54) is 21.6 Å². The number of carbonyl (C=O) groups is 3. The number of thioether (sulfide) groups is 5. The van der Waals surface area contributed by atoms with Crippen molar-refractivity contribution in [2.45, 2.75) is 92.0 Å². The Hall–Kier alpha value is -8.18. The van der Waals surface area contributed by atoms with Crippen LogP contribution < -0.4 is 0 Å². The lowest BCUT2D eigenvalue weighted by atomic mass is 9.93. The molecule has 1 N–H and O–H groups in total. The summed E-state index contributed by atoms with van der Waals surface area (Å²) in [5.74, 6) is 19.3. The van der Waals surface area contributed by atoms with Crippen molar-refractivity contribution in [2.24, 2.45) is 0 Å². The Morgan fingerprint density at radius 3 is 1.32 bits per heavy atom. The first-order chi connectivity index (χ1) is 46.2. The second kappa shape index (κ2) is 31.6. The predicted octanol–water partition coefficient (Wildman–Crippen LogP) is 20.3. The Morgan fingerprint density at radius 1 is 0.432 bits per heavy atom. The molecule has 10 aromatic carbocycles. The first-order valence-corrected chi connectivity index (χ1v) is 40.0. The van der Waals surface area contributed by atoms with Gasteiger partial charge in [0.2, 0.25) is 0 Å². The third kappa shape index (κ3) is 15.6. The van der Waals surface area contributed by atoms with E-state index in [1.807, 2.05) is 189 Å². The highest BCUT2D eigenvalue weighted by atomic mass is 79.9. The minimum absolute atomic E-state index is 0.0340. The molecule has 0 aliphatic carbocycles. The standard InChI is InChI=1S/C19H18OSSi.C18H16OS.C16H12OS.C16H10OS.C14H9BrOS/c1-22(2,3)12-11-14-7-6-8-15-13-21-17-10-5-4-9-16(17)19(20)18(14)15;1-3-7-13-8-6-9-14-12-20-16-11-5-4-10-15(16)18(19-2)17(13)14;2*1-2-11-6-5-7-12-10-18-14-9-4-3-8-13(14)16(17)15(11)12;15-11-6-3-4-9-8-17-12-7-2-1-5-10(12)14(16)13(9)11/h4-10H,13H2,1-3H3;4-6,8-11,18H,12H2,1-2H3;1,3-9,16-17H,10H2;1,3-9H,10H2;1-7H,8H2. The molecule has 10 aromatic rings. The zero-order valence-corrected chi connectivity index (χ0v) is 59.7. The number of rotatable bonds is 1. The Bertz CT molecular complexity index is 4840. The summed E-state index contributed by atoms with van der Waals surface area (Å²) >= 11 is 12.2. The summed E-state index contributed by atoms with van der Waals surface area (Å²) in [5.41, 5.74) is 21.4. The van der Waals surface area contributed by atoms with Gasteiger partial charge in [0.15, 0.2) is 17.3 Å². The first-order valence-electron chi connectivity index (χ1n) is 30.8. The van der Waals surface area contributed by atoms with Gasteiger partial charge >= 0.3 is 0 Å². The van der Waals surface area contributed by atoms with E-state index in [2.05, 4.69) is 113 Å². The van der Waals surface area contributed by atoms with Crippen molar-refractivity contribution in [2.75, 3.05) is 7.11 Å². The van der Waals surface area contributed by atoms with E-state index in [9.17, 15) is 19.5 Å². The van der Waals surface area contributed by atoms with Gasteiger partial charge in [-0.05, 0) is 125 Å². The molecule has 468 valence electrons. The van der Waals surface area contributed by atoms with Crippen molar-refractivity contribution in [1.82, 2.24) is 0 Å². The Kier molecular flexibility index (Phi) is 22.7. The fourth-order valence-electron chi connectivity index (χ4n) is 11.6. The van der Waals surface area contributed by atoms with Crippen molar-refractivity contribution in [3.8, 4) is 48.0 Å². The molecule has 0 saturated heterocycles. The van der Waals surface area contributed by atoms with Crippen LogP contribution >= 0.6 is 74.7 Å². The van der Waals surface area contributed by atoms with Crippen LogP contribution in [-0.4, -0.2) is 37.6 Å². The van der Waals surface area contributed by atoms with E-state index in [-0.39, 0.29) is 23.5 Å². The molecule has 2 atom stereocenters. The number of terminal acetylenes is 2. The normalized spacial score (nSPS) is 14.8. The average Bonchev–Trinajstić information content (AvgIpc) is 1.78. The number of benzene rings is 10. The van der Waals surface area contributed by atoms with Gasteiger partial charge < -0.3 is 9.84 Å². The molecule has 0 amide bonds. The largest absolute Gasteiger partial charge is 0.384 e. The molecule has 5 nitrogen and oxygen atoms in total. The second-order valence-corrected chi connectivity index (χ2v) is 34.1. The number of carbonyl (C=O) groups excluding carboxylic acids is 3. The van der Waals surface area contributed by atoms with Gasteiger partial charge in [-0.3, -0.25) is 14.4 Å². The number of methoxy groups -OCH3 is 1. The molecular formula is C83H65BrO5S5Si. The molecule has 0 saturated carbocycles. The number of aliphatic hydroxyl groups is 1. The average molecular weight is 1410 g/mol. The fourth-order valence-corrected chi connectivity index (χ4v) is 18.0. The molecule has 95 heavy (non-hydrogen) atoms. The number of hydrogen-bond donors (Lipinski definition) is 1. The van der Waals surface area contributed by atoms with Crippen LogP contribution in [0, 0.1) is 48.0 Å². The molecule has 15 rings (SSSR count). The van der Waals surface area contributed by atoms with E-state index >= 15 is 0 Å². The number of aliphatic hydroxyl groups excluding tert-OH is 1. The molecule has 12 heteroatoms. The molecule has 0 fully saturated rings. The van der Waals surface area contributed by atoms with Gasteiger partial charge in [-0.1, -0.05) is 193 Å². The quantitative estimate of drug-likeness (QED) is 0.127. The van der Waals surface area contributed by atoms with E-state index in [0.29, 0.717) is 11.1 Å². The maximum Gasteiger partial charge on any atom is 0.195 e. The summed E-state index contributed by atoms with van der Waals surface area (Å²) in [6, 6.07) is 69.7. The first kappa shape index (κ1) is 68.2. The van der Waals surface area contributed by atoms with Gasteiger partial charge in [0.1, 0.15) is 20.3 Å². The monoisotopic (exact) mass is 1410 g/mol. The smallest absolute Gasteiger partial charge is 0.195 e. The van der Waals surface area contributed by atoms with Crippen LogP contribution in [0.25, 0.3) is 0 Å². The van der Waals surface area contributed by atoms with Crippen LogP contribution in [0.2, 0.25) is 19.6 Å². The van der Waals surface area contributed by atoms with Crippen LogP contribution in [-0.2, 0) is 33.5 Å². The summed E-state index contributed by atoms with van der Waals surface area (Å²) in [6.07, 6.45) is 10.4. The molecule has 0 aromatic heterocycles. The van der Waals surface area contributed by atoms with Crippen molar-refractivity contribution >= 4 is 100 Å². The van der Waals surface area contributed by atoms with Crippen molar-refractivity contribution in [3.05, 3.63) is 323 Å². The molecule has 5 aliphatic rings. The third-order valence-electron chi connectivity index (χ3n) is 16.1. The lowest BCUT2D eigenvalue weighted by Crippen LogP contribution is -2.16. The molecule has 2 unspecified atom stereocenters. The van der Waals surface area contributed by atoms with Crippen molar-refractivity contribution in [3.63, 3.8) is 0 Å². The number of halogens is 1. The third-order valence-corrected chi connectivity index (χ3v) is 23.3. The zero-order valence-electron chi connectivity index (χ0n) is 53.1.